The SMILES string of the molecule is Cc1noc(C)c1CSCC(=O)OCC(=O)NC(C)C. The minimum absolute atomic E-state index is 0.0371. The molecule has 0 radical (unpaired) electrons. The standard InChI is InChI=1S/C13H20N2O4S/c1-8(2)14-12(16)5-18-13(17)7-20-6-11-9(3)15-19-10(11)4/h8H,5-7H2,1-4H3,(H,14,16). The van der Waals surface area contributed by atoms with E-state index in [-0.39, 0.29) is 24.3 Å². The Morgan fingerprint density at radius 1 is 1.40 bits per heavy atom. The summed E-state index contributed by atoms with van der Waals surface area (Å²) in [7, 11) is 0. The fourth-order valence-electron chi connectivity index (χ4n) is 1.50. The van der Waals surface area contributed by atoms with E-state index < -0.39 is 5.97 Å². The molecule has 20 heavy (non-hydrogen) atoms. The monoisotopic (exact) mass is 300 g/mol. The number of esters is 1. The molecule has 7 heteroatoms. The Hall–Kier alpha value is -1.50. The fourth-order valence-corrected chi connectivity index (χ4v) is 2.46. The van der Waals surface area contributed by atoms with Crippen LogP contribution < -0.4 is 5.32 Å². The number of hydrogen-bond acceptors (Lipinski definition) is 6. The molecule has 1 rings (SSSR count). The summed E-state index contributed by atoms with van der Waals surface area (Å²) in [6, 6.07) is 0.0371. The van der Waals surface area contributed by atoms with Crippen LogP contribution in [0, 0.1) is 13.8 Å². The van der Waals surface area contributed by atoms with E-state index in [9.17, 15) is 9.59 Å². The van der Waals surface area contributed by atoms with Gasteiger partial charge < -0.3 is 14.6 Å². The second-order valence-electron chi connectivity index (χ2n) is 4.68. The van der Waals surface area contributed by atoms with Crippen molar-refractivity contribution in [3.63, 3.8) is 0 Å². The Bertz CT molecular complexity index is 451. The average Bonchev–Trinajstić information content (AvgIpc) is 2.67. The molecule has 0 fully saturated rings. The van der Waals surface area contributed by atoms with Crippen LogP contribution in [0.25, 0.3) is 0 Å². The van der Waals surface area contributed by atoms with Gasteiger partial charge in [-0.1, -0.05) is 5.16 Å². The number of aromatic nitrogens is 1. The van der Waals surface area contributed by atoms with Crippen LogP contribution in [0.1, 0.15) is 30.9 Å². The maximum atomic E-state index is 11.5. The van der Waals surface area contributed by atoms with Crippen LogP contribution >= 0.6 is 11.8 Å². The lowest BCUT2D eigenvalue weighted by molar-refractivity contribution is -0.146. The number of rotatable bonds is 7. The summed E-state index contributed by atoms with van der Waals surface area (Å²) in [6.07, 6.45) is 0. The molecule has 0 atom stereocenters. The summed E-state index contributed by atoms with van der Waals surface area (Å²) < 4.78 is 9.91. The molecule has 0 aromatic carbocycles. The largest absolute Gasteiger partial charge is 0.455 e. The van der Waals surface area contributed by atoms with E-state index in [0.29, 0.717) is 5.75 Å². The Labute approximate surface area is 122 Å². The molecule has 0 aliphatic heterocycles. The van der Waals surface area contributed by atoms with Crippen LogP contribution in [0.3, 0.4) is 0 Å². The van der Waals surface area contributed by atoms with Crippen molar-refractivity contribution in [2.24, 2.45) is 0 Å². The van der Waals surface area contributed by atoms with Crippen LogP contribution in [-0.2, 0) is 20.1 Å². The number of nitrogens with one attached hydrogen (secondary N) is 1. The zero-order valence-electron chi connectivity index (χ0n) is 12.2. The number of thioether (sulfide) groups is 1. The Balaban J connectivity index is 2.22. The van der Waals surface area contributed by atoms with E-state index in [1.54, 1.807) is 0 Å². The van der Waals surface area contributed by atoms with Gasteiger partial charge in [-0.3, -0.25) is 9.59 Å². The minimum Gasteiger partial charge on any atom is -0.455 e. The van der Waals surface area contributed by atoms with Gasteiger partial charge in [0.2, 0.25) is 0 Å². The lowest BCUT2D eigenvalue weighted by Gasteiger charge is -2.08. The Kier molecular flexibility index (Phi) is 6.57. The van der Waals surface area contributed by atoms with Gasteiger partial charge in [0.05, 0.1) is 11.4 Å². The van der Waals surface area contributed by atoms with Gasteiger partial charge in [-0.25, -0.2) is 0 Å². The maximum Gasteiger partial charge on any atom is 0.316 e. The Morgan fingerprint density at radius 3 is 2.65 bits per heavy atom. The molecule has 0 aliphatic carbocycles. The summed E-state index contributed by atoms with van der Waals surface area (Å²) in [5.41, 5.74) is 1.83. The molecule has 1 N–H and O–H groups in total. The first-order valence-corrected chi connectivity index (χ1v) is 7.50. The first-order valence-electron chi connectivity index (χ1n) is 6.34. The van der Waals surface area contributed by atoms with E-state index in [2.05, 4.69) is 10.5 Å². The summed E-state index contributed by atoms with van der Waals surface area (Å²) >= 11 is 1.41. The maximum absolute atomic E-state index is 11.5. The third-order valence-electron chi connectivity index (χ3n) is 2.46. The van der Waals surface area contributed by atoms with E-state index in [4.69, 9.17) is 9.26 Å². The van der Waals surface area contributed by atoms with Crippen molar-refractivity contribution >= 4 is 23.6 Å². The number of carbonyl (C=O) groups is 2. The highest BCUT2D eigenvalue weighted by molar-refractivity contribution is 7.99. The van der Waals surface area contributed by atoms with Crippen molar-refractivity contribution in [3.05, 3.63) is 17.0 Å². The quantitative estimate of drug-likeness (QED) is 0.770. The Morgan fingerprint density at radius 2 is 2.10 bits per heavy atom. The molecule has 1 heterocycles. The summed E-state index contributed by atoms with van der Waals surface area (Å²) in [6.45, 7) is 7.16. The number of carbonyl (C=O) groups excluding carboxylic acids is 2. The third-order valence-corrected chi connectivity index (χ3v) is 3.39. The molecule has 0 aliphatic rings. The molecule has 1 amide bonds. The zero-order chi connectivity index (χ0) is 15.1. The second kappa shape index (κ2) is 7.94. The van der Waals surface area contributed by atoms with Crippen LogP contribution in [0.5, 0.6) is 0 Å². The van der Waals surface area contributed by atoms with Gasteiger partial charge in [0.15, 0.2) is 6.61 Å². The lowest BCUT2D eigenvalue weighted by Crippen LogP contribution is -2.34. The molecule has 1 aromatic rings. The molecule has 112 valence electrons. The van der Waals surface area contributed by atoms with Gasteiger partial charge in [-0.05, 0) is 27.7 Å². The topological polar surface area (TPSA) is 81.4 Å². The van der Waals surface area contributed by atoms with Crippen LogP contribution in [0.15, 0.2) is 4.52 Å². The molecule has 0 saturated carbocycles. The number of amides is 1. The van der Waals surface area contributed by atoms with Crippen molar-refractivity contribution in [2.75, 3.05) is 12.4 Å². The van der Waals surface area contributed by atoms with Gasteiger partial charge in [0, 0.05) is 17.4 Å². The van der Waals surface area contributed by atoms with Gasteiger partial charge in [0.1, 0.15) is 5.76 Å². The van der Waals surface area contributed by atoms with Crippen molar-refractivity contribution < 1.29 is 18.8 Å². The smallest absolute Gasteiger partial charge is 0.316 e. The highest BCUT2D eigenvalue weighted by Crippen LogP contribution is 2.19. The molecule has 0 unspecified atom stereocenters. The minimum atomic E-state index is -0.402. The van der Waals surface area contributed by atoms with Gasteiger partial charge in [0.25, 0.3) is 5.91 Å². The van der Waals surface area contributed by atoms with Crippen LogP contribution in [-0.4, -0.2) is 35.4 Å². The number of aryl methyl sites for hydroxylation is 2. The first kappa shape index (κ1) is 16.6. The van der Waals surface area contributed by atoms with E-state index in [1.165, 1.54) is 11.8 Å². The normalized spacial score (nSPS) is 10.7. The van der Waals surface area contributed by atoms with Crippen LogP contribution in [0.4, 0.5) is 0 Å². The summed E-state index contributed by atoms with van der Waals surface area (Å²) in [5.74, 6) is 0.900. The number of ether oxygens (including phenoxy) is 1. The van der Waals surface area contributed by atoms with E-state index in [0.717, 1.165) is 17.0 Å². The van der Waals surface area contributed by atoms with E-state index >= 15 is 0 Å². The van der Waals surface area contributed by atoms with Crippen LogP contribution in [0.2, 0.25) is 0 Å². The van der Waals surface area contributed by atoms with E-state index in [1.807, 2.05) is 27.7 Å². The molecule has 1 aromatic heterocycles. The summed E-state index contributed by atoms with van der Waals surface area (Å²) in [5, 5.41) is 6.49. The van der Waals surface area contributed by atoms with Crippen molar-refractivity contribution in [1.29, 1.82) is 0 Å². The molecule has 0 spiro atoms. The number of nitrogens with zero attached hydrogens (tertiary/aromatic N) is 1. The highest BCUT2D eigenvalue weighted by atomic mass is 32.2. The molecule has 0 bridgehead atoms. The van der Waals surface area contributed by atoms with Gasteiger partial charge in [-0.2, -0.15) is 0 Å². The summed E-state index contributed by atoms with van der Waals surface area (Å²) in [4.78, 5) is 22.8. The number of hydrogen-bond donors (Lipinski definition) is 1. The molecular formula is C13H20N2O4S. The van der Waals surface area contributed by atoms with Crippen molar-refractivity contribution in [3.8, 4) is 0 Å². The molecule has 0 saturated heterocycles. The predicted octanol–water partition coefficient (Wildman–Crippen LogP) is 1.59. The lowest BCUT2D eigenvalue weighted by atomic mass is 10.2. The molecule has 6 nitrogen and oxygen atoms in total. The van der Waals surface area contributed by atoms with Crippen molar-refractivity contribution in [2.45, 2.75) is 39.5 Å². The zero-order valence-corrected chi connectivity index (χ0v) is 13.0. The van der Waals surface area contributed by atoms with Gasteiger partial charge in [-0.15, -0.1) is 11.8 Å². The second-order valence-corrected chi connectivity index (χ2v) is 5.66. The highest BCUT2D eigenvalue weighted by Gasteiger charge is 2.12. The molecular weight excluding hydrogens is 280 g/mol. The van der Waals surface area contributed by atoms with Crippen molar-refractivity contribution in [1.82, 2.24) is 10.5 Å². The third kappa shape index (κ3) is 5.64. The first-order chi connectivity index (χ1) is 9.40. The van der Waals surface area contributed by atoms with Gasteiger partial charge >= 0.3 is 5.97 Å². The average molecular weight is 300 g/mol. The predicted molar refractivity (Wildman–Crippen MR) is 76.4 cm³/mol. The fraction of sp³-hybridized carbons (Fsp3) is 0.615.